The van der Waals surface area contributed by atoms with Crippen molar-refractivity contribution < 1.29 is 9.13 Å². The Hall–Kier alpha value is -2.17. The van der Waals surface area contributed by atoms with Crippen molar-refractivity contribution in [2.24, 2.45) is 0 Å². The number of rotatable bonds is 3. The lowest BCUT2D eigenvalue weighted by Gasteiger charge is -2.09. The van der Waals surface area contributed by atoms with Crippen LogP contribution in [0, 0.1) is 12.7 Å². The standard InChI is InChI=1S/C13H14FN3O/c1-3-10-12(14)13(17-7-16-10)18-11-5-4-9(15)6-8(11)2/h4-7H,3,15H2,1-2H3. The van der Waals surface area contributed by atoms with Crippen LogP contribution in [0.5, 0.6) is 11.6 Å². The van der Waals surface area contributed by atoms with Crippen molar-refractivity contribution in [3.8, 4) is 11.6 Å². The minimum absolute atomic E-state index is 0.0604. The maximum Gasteiger partial charge on any atom is 0.259 e. The van der Waals surface area contributed by atoms with E-state index in [-0.39, 0.29) is 5.88 Å². The summed E-state index contributed by atoms with van der Waals surface area (Å²) in [6.45, 7) is 3.66. The second-order valence-electron chi connectivity index (χ2n) is 3.92. The molecule has 0 saturated carbocycles. The molecular formula is C13H14FN3O. The first-order valence-corrected chi connectivity index (χ1v) is 5.65. The van der Waals surface area contributed by atoms with Crippen LogP contribution in [0.15, 0.2) is 24.5 Å². The van der Waals surface area contributed by atoms with Crippen molar-refractivity contribution in [3.63, 3.8) is 0 Å². The number of nitrogen functional groups attached to an aromatic ring is 1. The third kappa shape index (κ3) is 2.40. The number of anilines is 1. The maximum atomic E-state index is 13.9. The number of nitrogens with zero attached hydrogens (tertiary/aromatic N) is 2. The highest BCUT2D eigenvalue weighted by Crippen LogP contribution is 2.27. The average molecular weight is 247 g/mol. The largest absolute Gasteiger partial charge is 0.436 e. The molecule has 18 heavy (non-hydrogen) atoms. The smallest absolute Gasteiger partial charge is 0.259 e. The Morgan fingerprint density at radius 1 is 1.33 bits per heavy atom. The van der Waals surface area contributed by atoms with Gasteiger partial charge < -0.3 is 10.5 Å². The van der Waals surface area contributed by atoms with Crippen molar-refractivity contribution in [2.45, 2.75) is 20.3 Å². The van der Waals surface area contributed by atoms with Crippen LogP contribution >= 0.6 is 0 Å². The molecular weight excluding hydrogens is 233 g/mol. The van der Waals surface area contributed by atoms with E-state index in [4.69, 9.17) is 10.5 Å². The molecule has 4 nitrogen and oxygen atoms in total. The van der Waals surface area contributed by atoms with Crippen LogP contribution in [0.25, 0.3) is 0 Å². The summed E-state index contributed by atoms with van der Waals surface area (Å²) in [4.78, 5) is 7.66. The third-order valence-corrected chi connectivity index (χ3v) is 2.57. The topological polar surface area (TPSA) is 61.0 Å². The van der Waals surface area contributed by atoms with Gasteiger partial charge in [-0.3, -0.25) is 0 Å². The molecule has 1 aromatic heterocycles. The quantitative estimate of drug-likeness (QED) is 0.847. The molecule has 5 heteroatoms. The lowest BCUT2D eigenvalue weighted by atomic mass is 10.2. The summed E-state index contributed by atoms with van der Waals surface area (Å²) in [7, 11) is 0. The van der Waals surface area contributed by atoms with Crippen LogP contribution in [0.3, 0.4) is 0 Å². The molecule has 0 saturated heterocycles. The Labute approximate surface area is 105 Å². The van der Waals surface area contributed by atoms with Gasteiger partial charge in [-0.1, -0.05) is 6.92 Å². The molecule has 0 aliphatic heterocycles. The molecule has 0 aliphatic carbocycles. The van der Waals surface area contributed by atoms with Crippen molar-refractivity contribution in [3.05, 3.63) is 41.6 Å². The summed E-state index contributed by atoms with van der Waals surface area (Å²) in [5.41, 5.74) is 7.44. The van der Waals surface area contributed by atoms with Crippen LogP contribution < -0.4 is 10.5 Å². The van der Waals surface area contributed by atoms with Gasteiger partial charge in [-0.05, 0) is 37.1 Å². The van der Waals surface area contributed by atoms with E-state index in [0.717, 1.165) is 5.56 Å². The Bertz CT molecular complexity index is 572. The number of aromatic nitrogens is 2. The molecule has 0 bridgehead atoms. The second-order valence-corrected chi connectivity index (χ2v) is 3.92. The number of ether oxygens (including phenoxy) is 1. The zero-order valence-electron chi connectivity index (χ0n) is 10.3. The highest BCUT2D eigenvalue weighted by Gasteiger charge is 2.12. The maximum absolute atomic E-state index is 13.9. The number of nitrogens with two attached hydrogens (primary N) is 1. The van der Waals surface area contributed by atoms with Gasteiger partial charge >= 0.3 is 0 Å². The van der Waals surface area contributed by atoms with Gasteiger partial charge in [-0.2, -0.15) is 9.37 Å². The van der Waals surface area contributed by atoms with Gasteiger partial charge in [0, 0.05) is 5.69 Å². The summed E-state index contributed by atoms with van der Waals surface area (Å²) in [6.07, 6.45) is 1.79. The molecule has 1 aromatic carbocycles. The fourth-order valence-electron chi connectivity index (χ4n) is 1.60. The molecule has 2 N–H and O–H groups in total. The highest BCUT2D eigenvalue weighted by molar-refractivity contribution is 5.48. The van der Waals surface area contributed by atoms with Crippen LogP contribution in [-0.4, -0.2) is 9.97 Å². The van der Waals surface area contributed by atoms with Crippen molar-refractivity contribution in [1.82, 2.24) is 9.97 Å². The van der Waals surface area contributed by atoms with Gasteiger partial charge in [0.1, 0.15) is 12.1 Å². The van der Waals surface area contributed by atoms with E-state index in [2.05, 4.69) is 9.97 Å². The van der Waals surface area contributed by atoms with Crippen molar-refractivity contribution >= 4 is 5.69 Å². The molecule has 0 atom stereocenters. The first kappa shape index (κ1) is 12.3. The molecule has 2 rings (SSSR count). The van der Waals surface area contributed by atoms with Crippen LogP contribution in [-0.2, 0) is 6.42 Å². The van der Waals surface area contributed by atoms with Gasteiger partial charge in [-0.25, -0.2) is 4.98 Å². The molecule has 0 spiro atoms. The summed E-state index contributed by atoms with van der Waals surface area (Å²) >= 11 is 0. The third-order valence-electron chi connectivity index (χ3n) is 2.57. The van der Waals surface area contributed by atoms with Gasteiger partial charge in [0.15, 0.2) is 0 Å². The van der Waals surface area contributed by atoms with Crippen LogP contribution in [0.4, 0.5) is 10.1 Å². The molecule has 94 valence electrons. The minimum Gasteiger partial charge on any atom is -0.436 e. The molecule has 1 heterocycles. The van der Waals surface area contributed by atoms with Crippen LogP contribution in [0.1, 0.15) is 18.2 Å². The van der Waals surface area contributed by atoms with E-state index in [1.54, 1.807) is 18.2 Å². The number of halogens is 1. The highest BCUT2D eigenvalue weighted by atomic mass is 19.1. The summed E-state index contributed by atoms with van der Waals surface area (Å²) in [6, 6.07) is 5.15. The Balaban J connectivity index is 2.34. The molecule has 0 fully saturated rings. The number of hydrogen-bond donors (Lipinski definition) is 1. The number of hydrogen-bond acceptors (Lipinski definition) is 4. The Morgan fingerprint density at radius 3 is 2.78 bits per heavy atom. The monoisotopic (exact) mass is 247 g/mol. The van der Waals surface area contributed by atoms with Gasteiger partial charge in [-0.15, -0.1) is 0 Å². The normalized spacial score (nSPS) is 10.4. The van der Waals surface area contributed by atoms with Crippen molar-refractivity contribution in [1.29, 1.82) is 0 Å². The van der Waals surface area contributed by atoms with Crippen molar-refractivity contribution in [2.75, 3.05) is 5.73 Å². The van der Waals surface area contributed by atoms with E-state index >= 15 is 0 Å². The minimum atomic E-state index is -0.517. The molecule has 0 radical (unpaired) electrons. The van der Waals surface area contributed by atoms with E-state index in [9.17, 15) is 4.39 Å². The predicted molar refractivity (Wildman–Crippen MR) is 67.0 cm³/mol. The lowest BCUT2D eigenvalue weighted by Crippen LogP contribution is -2.00. The number of aryl methyl sites for hydroxylation is 2. The molecule has 0 aliphatic rings. The molecule has 0 unspecified atom stereocenters. The summed E-state index contributed by atoms with van der Waals surface area (Å²) in [5.74, 6) is -0.0465. The average Bonchev–Trinajstić information content (AvgIpc) is 2.35. The van der Waals surface area contributed by atoms with Gasteiger partial charge in [0.05, 0.1) is 5.69 Å². The Kier molecular flexibility index (Phi) is 3.41. The van der Waals surface area contributed by atoms with E-state index in [0.29, 0.717) is 23.6 Å². The predicted octanol–water partition coefficient (Wildman–Crippen LogP) is 2.86. The lowest BCUT2D eigenvalue weighted by molar-refractivity contribution is 0.413. The first-order chi connectivity index (χ1) is 8.61. The SMILES string of the molecule is CCc1ncnc(Oc2ccc(N)cc2C)c1F. The fraction of sp³-hybridized carbons (Fsp3) is 0.231. The van der Waals surface area contributed by atoms with Crippen LogP contribution in [0.2, 0.25) is 0 Å². The van der Waals surface area contributed by atoms with E-state index in [1.807, 2.05) is 13.8 Å². The summed E-state index contributed by atoms with van der Waals surface area (Å²) in [5, 5.41) is 0. The molecule has 0 amide bonds. The van der Waals surface area contributed by atoms with E-state index < -0.39 is 5.82 Å². The zero-order chi connectivity index (χ0) is 13.1. The van der Waals surface area contributed by atoms with Gasteiger partial charge in [0.2, 0.25) is 5.82 Å². The zero-order valence-corrected chi connectivity index (χ0v) is 10.3. The molecule has 2 aromatic rings. The second kappa shape index (κ2) is 5.00. The fourth-order valence-corrected chi connectivity index (χ4v) is 1.60. The first-order valence-electron chi connectivity index (χ1n) is 5.65. The number of benzene rings is 1. The van der Waals surface area contributed by atoms with Gasteiger partial charge in [0.25, 0.3) is 5.88 Å². The summed E-state index contributed by atoms with van der Waals surface area (Å²) < 4.78 is 19.4. The Morgan fingerprint density at radius 2 is 2.11 bits per heavy atom. The van der Waals surface area contributed by atoms with E-state index in [1.165, 1.54) is 6.33 Å².